The zero-order valence-electron chi connectivity index (χ0n) is 14.7. The molecule has 2 N–H and O–H groups in total. The van der Waals surface area contributed by atoms with Crippen molar-refractivity contribution in [1.29, 1.82) is 0 Å². The molecule has 2 heterocycles. The summed E-state index contributed by atoms with van der Waals surface area (Å²) in [5, 5.41) is 3.95. The number of carbonyl (C=O) groups is 1. The molecule has 0 spiro atoms. The number of aromatic amines is 1. The maximum atomic E-state index is 12.6. The number of rotatable bonds is 5. The average Bonchev–Trinajstić information content (AvgIpc) is 3.22. The van der Waals surface area contributed by atoms with Crippen LogP contribution >= 0.6 is 0 Å². The van der Waals surface area contributed by atoms with E-state index >= 15 is 0 Å². The second-order valence-corrected chi connectivity index (χ2v) is 6.22. The van der Waals surface area contributed by atoms with E-state index in [0.29, 0.717) is 18.7 Å². The van der Waals surface area contributed by atoms with Gasteiger partial charge in [-0.2, -0.15) is 0 Å². The lowest BCUT2D eigenvalue weighted by molar-refractivity contribution is 0.0946. The Morgan fingerprint density at radius 1 is 1.23 bits per heavy atom. The third-order valence-corrected chi connectivity index (χ3v) is 4.57. The van der Waals surface area contributed by atoms with Gasteiger partial charge in [-0.3, -0.25) is 4.79 Å². The van der Waals surface area contributed by atoms with Crippen molar-refractivity contribution < 1.29 is 9.53 Å². The first-order valence-corrected chi connectivity index (χ1v) is 8.51. The van der Waals surface area contributed by atoms with Crippen molar-refractivity contribution in [3.63, 3.8) is 0 Å². The number of aryl methyl sites for hydroxylation is 1. The van der Waals surface area contributed by atoms with Crippen LogP contribution in [-0.2, 0) is 13.5 Å². The van der Waals surface area contributed by atoms with Gasteiger partial charge in [-0.25, -0.2) is 4.98 Å². The number of nitrogens with zero attached hydrogens (tertiary/aromatic N) is 2. The van der Waals surface area contributed by atoms with Gasteiger partial charge in [0.1, 0.15) is 17.3 Å². The van der Waals surface area contributed by atoms with Crippen molar-refractivity contribution in [3.8, 4) is 5.75 Å². The fourth-order valence-corrected chi connectivity index (χ4v) is 3.18. The molecule has 0 unspecified atom stereocenters. The Bertz CT molecular complexity index is 1060. The monoisotopic (exact) mass is 348 g/mol. The minimum atomic E-state index is -0.0984. The summed E-state index contributed by atoms with van der Waals surface area (Å²) in [5.74, 6) is 1.55. The molecular formula is C20H20N4O2. The van der Waals surface area contributed by atoms with E-state index in [2.05, 4.69) is 15.3 Å². The molecule has 2 aromatic heterocycles. The molecule has 6 nitrogen and oxygen atoms in total. The van der Waals surface area contributed by atoms with E-state index in [1.165, 1.54) is 0 Å². The fraction of sp³-hybridized carbons (Fsp3) is 0.200. The van der Waals surface area contributed by atoms with Crippen LogP contribution in [0, 0.1) is 0 Å². The van der Waals surface area contributed by atoms with Crippen molar-refractivity contribution in [2.75, 3.05) is 13.7 Å². The third-order valence-electron chi connectivity index (χ3n) is 4.57. The Morgan fingerprint density at radius 2 is 2.08 bits per heavy atom. The van der Waals surface area contributed by atoms with Crippen molar-refractivity contribution in [2.24, 2.45) is 7.05 Å². The first-order valence-electron chi connectivity index (χ1n) is 8.51. The molecule has 26 heavy (non-hydrogen) atoms. The molecule has 132 valence electrons. The molecule has 0 aliphatic rings. The van der Waals surface area contributed by atoms with Crippen molar-refractivity contribution >= 4 is 27.8 Å². The Kier molecular flexibility index (Phi) is 4.08. The van der Waals surface area contributed by atoms with Crippen LogP contribution in [0.4, 0.5) is 0 Å². The first kappa shape index (κ1) is 16.2. The summed E-state index contributed by atoms with van der Waals surface area (Å²) in [7, 11) is 3.53. The number of fused-ring (bicyclic) bond motifs is 2. The maximum absolute atomic E-state index is 12.6. The predicted molar refractivity (Wildman–Crippen MR) is 102 cm³/mol. The summed E-state index contributed by atoms with van der Waals surface area (Å²) in [4.78, 5) is 20.4. The number of H-pyrrole nitrogens is 1. The molecule has 0 bridgehead atoms. The molecule has 0 saturated heterocycles. The van der Waals surface area contributed by atoms with Gasteiger partial charge in [0.15, 0.2) is 0 Å². The van der Waals surface area contributed by atoms with E-state index in [0.717, 1.165) is 33.5 Å². The predicted octanol–water partition coefficient (Wildman–Crippen LogP) is 3.04. The highest BCUT2D eigenvalue weighted by Crippen LogP contribution is 2.23. The second kappa shape index (κ2) is 6.55. The molecule has 0 aliphatic heterocycles. The molecule has 4 aromatic rings. The maximum Gasteiger partial charge on any atom is 0.267 e. The summed E-state index contributed by atoms with van der Waals surface area (Å²) < 4.78 is 7.14. The van der Waals surface area contributed by atoms with Crippen LogP contribution in [0.1, 0.15) is 16.3 Å². The SMILES string of the molecule is COc1ccc2c(c1)cc(C(=O)NCCc1nc3ccccc3[nH]1)n2C. The lowest BCUT2D eigenvalue weighted by atomic mass is 10.2. The number of carbonyl (C=O) groups excluding carboxylic acids is 1. The number of ether oxygens (including phenoxy) is 1. The molecule has 1 amide bonds. The minimum absolute atomic E-state index is 0.0984. The summed E-state index contributed by atoms with van der Waals surface area (Å²) >= 11 is 0. The van der Waals surface area contributed by atoms with Gasteiger partial charge in [0.2, 0.25) is 0 Å². The molecule has 2 aromatic carbocycles. The Balaban J connectivity index is 1.46. The topological polar surface area (TPSA) is 71.9 Å². The molecule has 0 radical (unpaired) electrons. The summed E-state index contributed by atoms with van der Waals surface area (Å²) in [5.41, 5.74) is 3.57. The van der Waals surface area contributed by atoms with Crippen LogP contribution < -0.4 is 10.1 Å². The molecule has 0 fully saturated rings. The highest BCUT2D eigenvalue weighted by molar-refractivity contribution is 5.99. The van der Waals surface area contributed by atoms with Gasteiger partial charge in [0.25, 0.3) is 5.91 Å². The van der Waals surface area contributed by atoms with Gasteiger partial charge < -0.3 is 19.6 Å². The van der Waals surface area contributed by atoms with E-state index in [9.17, 15) is 4.79 Å². The standard InChI is InChI=1S/C20H20N4O2/c1-24-17-8-7-14(26-2)11-13(17)12-18(24)20(25)21-10-9-19-22-15-5-3-4-6-16(15)23-19/h3-8,11-12H,9-10H2,1-2H3,(H,21,25)(H,22,23). The second-order valence-electron chi connectivity index (χ2n) is 6.22. The number of hydrogen-bond acceptors (Lipinski definition) is 3. The molecule has 0 aliphatic carbocycles. The van der Waals surface area contributed by atoms with Gasteiger partial charge in [0.05, 0.1) is 18.1 Å². The van der Waals surface area contributed by atoms with Crippen molar-refractivity contribution in [3.05, 3.63) is 60.0 Å². The average molecular weight is 348 g/mol. The lowest BCUT2D eigenvalue weighted by Gasteiger charge is -2.06. The van der Waals surface area contributed by atoms with Crippen molar-refractivity contribution in [2.45, 2.75) is 6.42 Å². The Labute approximate surface area is 150 Å². The number of imidazole rings is 1. The number of para-hydroxylation sites is 2. The van der Waals surface area contributed by atoms with Crippen LogP contribution in [0.15, 0.2) is 48.5 Å². The van der Waals surface area contributed by atoms with Gasteiger partial charge in [-0.05, 0) is 36.4 Å². The van der Waals surface area contributed by atoms with E-state index in [4.69, 9.17) is 4.74 Å². The lowest BCUT2D eigenvalue weighted by Crippen LogP contribution is -2.27. The fourth-order valence-electron chi connectivity index (χ4n) is 3.18. The number of methoxy groups -OCH3 is 1. The molecule has 6 heteroatoms. The van der Waals surface area contributed by atoms with Gasteiger partial charge in [0, 0.05) is 30.9 Å². The van der Waals surface area contributed by atoms with E-state index in [1.54, 1.807) is 7.11 Å². The van der Waals surface area contributed by atoms with Crippen LogP contribution in [0.2, 0.25) is 0 Å². The zero-order chi connectivity index (χ0) is 18.1. The summed E-state index contributed by atoms with van der Waals surface area (Å²) in [6.45, 7) is 0.517. The van der Waals surface area contributed by atoms with Crippen LogP contribution in [0.5, 0.6) is 5.75 Å². The van der Waals surface area contributed by atoms with Gasteiger partial charge >= 0.3 is 0 Å². The number of hydrogen-bond donors (Lipinski definition) is 2. The molecule has 4 rings (SSSR count). The van der Waals surface area contributed by atoms with Gasteiger partial charge in [-0.15, -0.1) is 0 Å². The van der Waals surface area contributed by atoms with E-state index < -0.39 is 0 Å². The highest BCUT2D eigenvalue weighted by atomic mass is 16.5. The van der Waals surface area contributed by atoms with Crippen LogP contribution in [0.3, 0.4) is 0 Å². The molecule has 0 saturated carbocycles. The Morgan fingerprint density at radius 3 is 2.88 bits per heavy atom. The first-order chi connectivity index (χ1) is 12.7. The van der Waals surface area contributed by atoms with E-state index in [-0.39, 0.29) is 5.91 Å². The quantitative estimate of drug-likeness (QED) is 0.582. The largest absolute Gasteiger partial charge is 0.497 e. The smallest absolute Gasteiger partial charge is 0.267 e. The minimum Gasteiger partial charge on any atom is -0.497 e. The number of aromatic nitrogens is 3. The molecule has 0 atom stereocenters. The van der Waals surface area contributed by atoms with Crippen molar-refractivity contribution in [1.82, 2.24) is 19.9 Å². The third kappa shape index (κ3) is 2.90. The number of amides is 1. The van der Waals surface area contributed by atoms with E-state index in [1.807, 2.05) is 60.1 Å². The van der Waals surface area contributed by atoms with Crippen LogP contribution in [0.25, 0.3) is 21.9 Å². The highest BCUT2D eigenvalue weighted by Gasteiger charge is 2.13. The normalized spacial score (nSPS) is 11.2. The number of nitrogens with one attached hydrogen (secondary N) is 2. The summed E-state index contributed by atoms with van der Waals surface area (Å²) in [6, 6.07) is 15.6. The summed E-state index contributed by atoms with van der Waals surface area (Å²) in [6.07, 6.45) is 0.651. The molecular weight excluding hydrogens is 328 g/mol. The Hall–Kier alpha value is -3.28. The zero-order valence-corrected chi connectivity index (χ0v) is 14.7. The van der Waals surface area contributed by atoms with Crippen LogP contribution in [-0.4, -0.2) is 34.1 Å². The number of benzene rings is 2. The van der Waals surface area contributed by atoms with Gasteiger partial charge in [-0.1, -0.05) is 12.1 Å².